The van der Waals surface area contributed by atoms with Gasteiger partial charge in [0.2, 0.25) is 10.0 Å². The molecule has 0 aliphatic carbocycles. The highest BCUT2D eigenvalue weighted by molar-refractivity contribution is 7.89. The lowest BCUT2D eigenvalue weighted by molar-refractivity contribution is 0.296. The van der Waals surface area contributed by atoms with Crippen LogP contribution >= 0.6 is 0 Å². The maximum Gasteiger partial charge on any atom is 0.250 e. The lowest BCUT2D eigenvalue weighted by atomic mass is 10.2. The zero-order valence-corrected chi connectivity index (χ0v) is 14.4. The van der Waals surface area contributed by atoms with Gasteiger partial charge >= 0.3 is 0 Å². The Kier molecular flexibility index (Phi) is 4.91. The van der Waals surface area contributed by atoms with Gasteiger partial charge < -0.3 is 9.30 Å². The maximum absolute atomic E-state index is 12.4. The van der Waals surface area contributed by atoms with E-state index in [1.54, 1.807) is 37.5 Å². The summed E-state index contributed by atoms with van der Waals surface area (Å²) < 4.78 is 33.1. The summed E-state index contributed by atoms with van der Waals surface area (Å²) in [6.07, 6.45) is 1.65. The van der Waals surface area contributed by atoms with E-state index in [0.29, 0.717) is 5.56 Å². The van der Waals surface area contributed by atoms with Gasteiger partial charge in [0.05, 0.1) is 0 Å². The normalized spacial score (nSPS) is 11.7. The van der Waals surface area contributed by atoms with E-state index in [2.05, 4.69) is 0 Å². The molecule has 7 heteroatoms. The van der Waals surface area contributed by atoms with Gasteiger partial charge in [-0.25, -0.2) is 12.7 Å². The van der Waals surface area contributed by atoms with Gasteiger partial charge in [0.15, 0.2) is 0 Å². The van der Waals surface area contributed by atoms with E-state index in [1.807, 2.05) is 6.92 Å². The quantitative estimate of drug-likeness (QED) is 0.830. The second kappa shape index (κ2) is 6.55. The van der Waals surface area contributed by atoms with Gasteiger partial charge in [0.25, 0.3) is 5.56 Å². The van der Waals surface area contributed by atoms with Crippen molar-refractivity contribution in [2.45, 2.75) is 18.4 Å². The minimum absolute atomic E-state index is 0.117. The Morgan fingerprint density at radius 2 is 1.87 bits per heavy atom. The second-order valence-electron chi connectivity index (χ2n) is 5.51. The van der Waals surface area contributed by atoms with E-state index < -0.39 is 10.0 Å². The maximum atomic E-state index is 12.4. The Morgan fingerprint density at radius 3 is 2.48 bits per heavy atom. The SMILES string of the molecule is Cc1ccc(OCc2ccn(C)c(=O)c2)c(S(=O)(=O)N(C)C)c1. The molecule has 6 nitrogen and oxygen atoms in total. The first kappa shape index (κ1) is 17.2. The van der Waals surface area contributed by atoms with Gasteiger partial charge in [0, 0.05) is 33.4 Å². The molecule has 1 aromatic heterocycles. The molecule has 124 valence electrons. The summed E-state index contributed by atoms with van der Waals surface area (Å²) in [7, 11) is 1.00. The molecule has 0 fully saturated rings. The fourth-order valence-electron chi connectivity index (χ4n) is 1.97. The van der Waals surface area contributed by atoms with E-state index in [-0.39, 0.29) is 22.8 Å². The second-order valence-corrected chi connectivity index (χ2v) is 7.63. The Balaban J connectivity index is 2.33. The summed E-state index contributed by atoms with van der Waals surface area (Å²) in [4.78, 5) is 11.7. The van der Waals surface area contributed by atoms with Gasteiger partial charge in [-0.2, -0.15) is 0 Å². The summed E-state index contributed by atoms with van der Waals surface area (Å²) in [5.74, 6) is 0.268. The smallest absolute Gasteiger partial charge is 0.250 e. The first-order valence-electron chi connectivity index (χ1n) is 7.03. The summed E-state index contributed by atoms with van der Waals surface area (Å²) in [6, 6.07) is 8.22. The lowest BCUT2D eigenvalue weighted by Crippen LogP contribution is -2.23. The van der Waals surface area contributed by atoms with Crippen LogP contribution in [0, 0.1) is 6.92 Å². The van der Waals surface area contributed by atoms with Crippen molar-refractivity contribution < 1.29 is 13.2 Å². The Morgan fingerprint density at radius 1 is 1.17 bits per heavy atom. The molecule has 23 heavy (non-hydrogen) atoms. The number of nitrogens with zero attached hydrogens (tertiary/aromatic N) is 2. The van der Waals surface area contributed by atoms with Crippen LogP contribution in [0.1, 0.15) is 11.1 Å². The molecule has 0 radical (unpaired) electrons. The third-order valence-corrected chi connectivity index (χ3v) is 5.26. The third kappa shape index (κ3) is 3.80. The van der Waals surface area contributed by atoms with Crippen LogP contribution in [0.4, 0.5) is 0 Å². The van der Waals surface area contributed by atoms with Gasteiger partial charge in [-0.05, 0) is 36.2 Å². The monoisotopic (exact) mass is 336 g/mol. The van der Waals surface area contributed by atoms with Gasteiger partial charge in [-0.15, -0.1) is 0 Å². The van der Waals surface area contributed by atoms with Crippen molar-refractivity contribution in [3.8, 4) is 5.75 Å². The third-order valence-electron chi connectivity index (χ3n) is 3.42. The molecule has 0 N–H and O–H groups in total. The zero-order valence-electron chi connectivity index (χ0n) is 13.6. The van der Waals surface area contributed by atoms with Crippen LogP contribution in [0.2, 0.25) is 0 Å². The molecular weight excluding hydrogens is 316 g/mol. The standard InChI is InChI=1S/C16H20N2O4S/c1-12-5-6-14(15(9-12)23(20,21)17(2)3)22-11-13-7-8-18(4)16(19)10-13/h5-10H,11H2,1-4H3. The number of aryl methyl sites for hydroxylation is 2. The number of hydrogen-bond donors (Lipinski definition) is 0. The average Bonchev–Trinajstić information content (AvgIpc) is 2.49. The highest BCUT2D eigenvalue weighted by atomic mass is 32.2. The van der Waals surface area contributed by atoms with Crippen LogP contribution in [0.15, 0.2) is 46.2 Å². The molecule has 0 saturated heterocycles. The summed E-state index contributed by atoms with van der Waals surface area (Å²) in [5, 5.41) is 0. The van der Waals surface area contributed by atoms with Crippen LogP contribution in [0.5, 0.6) is 5.75 Å². The summed E-state index contributed by atoms with van der Waals surface area (Å²) in [5.41, 5.74) is 1.37. The van der Waals surface area contributed by atoms with Crippen molar-refractivity contribution in [3.05, 3.63) is 58.0 Å². The minimum Gasteiger partial charge on any atom is -0.487 e. The van der Waals surface area contributed by atoms with E-state index in [4.69, 9.17) is 4.74 Å². The number of sulfonamides is 1. The van der Waals surface area contributed by atoms with Crippen LogP contribution < -0.4 is 10.3 Å². The molecule has 2 aromatic rings. The number of ether oxygens (including phenoxy) is 1. The largest absolute Gasteiger partial charge is 0.487 e. The predicted octanol–water partition coefficient (Wildman–Crippen LogP) is 1.52. The molecule has 0 atom stereocenters. The van der Waals surface area contributed by atoms with Crippen molar-refractivity contribution in [1.82, 2.24) is 8.87 Å². The fourth-order valence-corrected chi connectivity index (χ4v) is 3.08. The molecule has 0 unspecified atom stereocenters. The Hall–Kier alpha value is -2.12. The molecule has 0 bridgehead atoms. The molecule has 0 aliphatic heterocycles. The Bertz CT molecular complexity index is 870. The van der Waals surface area contributed by atoms with Gasteiger partial charge in [0.1, 0.15) is 17.3 Å². The molecule has 0 aliphatic rings. The van der Waals surface area contributed by atoms with Gasteiger partial charge in [-0.1, -0.05) is 6.07 Å². The summed E-state index contributed by atoms with van der Waals surface area (Å²) >= 11 is 0. The molecule has 2 rings (SSSR count). The van der Waals surface area contributed by atoms with Crippen LogP contribution in [0.3, 0.4) is 0 Å². The van der Waals surface area contributed by atoms with Crippen molar-refractivity contribution in [2.75, 3.05) is 14.1 Å². The van der Waals surface area contributed by atoms with Crippen molar-refractivity contribution in [1.29, 1.82) is 0 Å². The first-order chi connectivity index (χ1) is 10.7. The van der Waals surface area contributed by atoms with Crippen molar-refractivity contribution >= 4 is 10.0 Å². The first-order valence-corrected chi connectivity index (χ1v) is 8.47. The average molecular weight is 336 g/mol. The molecular formula is C16H20N2O4S. The highest BCUT2D eigenvalue weighted by Crippen LogP contribution is 2.27. The van der Waals surface area contributed by atoms with Crippen molar-refractivity contribution in [3.63, 3.8) is 0 Å². The zero-order chi connectivity index (χ0) is 17.2. The predicted molar refractivity (Wildman–Crippen MR) is 88.1 cm³/mol. The minimum atomic E-state index is -3.61. The van der Waals surface area contributed by atoms with E-state index in [1.165, 1.54) is 24.7 Å². The fraction of sp³-hybridized carbons (Fsp3) is 0.312. The number of rotatable bonds is 5. The van der Waals surface area contributed by atoms with E-state index in [0.717, 1.165) is 9.87 Å². The molecule has 1 aromatic carbocycles. The highest BCUT2D eigenvalue weighted by Gasteiger charge is 2.22. The van der Waals surface area contributed by atoms with Crippen LogP contribution in [-0.2, 0) is 23.7 Å². The van der Waals surface area contributed by atoms with Crippen molar-refractivity contribution in [2.24, 2.45) is 7.05 Å². The Labute approximate surface area is 136 Å². The lowest BCUT2D eigenvalue weighted by Gasteiger charge is -2.16. The molecule has 0 amide bonds. The summed E-state index contributed by atoms with van der Waals surface area (Å²) in [6.45, 7) is 1.94. The van der Waals surface area contributed by atoms with Gasteiger partial charge in [-0.3, -0.25) is 4.79 Å². The number of hydrogen-bond acceptors (Lipinski definition) is 4. The molecule has 0 spiro atoms. The molecule has 0 saturated carbocycles. The van der Waals surface area contributed by atoms with E-state index >= 15 is 0 Å². The number of pyridine rings is 1. The number of benzene rings is 1. The number of aromatic nitrogens is 1. The van der Waals surface area contributed by atoms with Crippen LogP contribution in [0.25, 0.3) is 0 Å². The van der Waals surface area contributed by atoms with E-state index in [9.17, 15) is 13.2 Å². The topological polar surface area (TPSA) is 68.6 Å². The van der Waals surface area contributed by atoms with Crippen LogP contribution in [-0.4, -0.2) is 31.4 Å². The molecule has 1 heterocycles.